The predicted octanol–water partition coefficient (Wildman–Crippen LogP) is 3.32. The molecule has 0 unspecified atom stereocenters. The number of nitrogens with one attached hydrogen (secondary N) is 1. The van der Waals surface area contributed by atoms with Crippen LogP contribution in [0.5, 0.6) is 5.75 Å². The zero-order valence-corrected chi connectivity index (χ0v) is 11.0. The van der Waals surface area contributed by atoms with Crippen molar-refractivity contribution in [3.05, 3.63) is 29.8 Å². The van der Waals surface area contributed by atoms with Crippen LogP contribution < -0.4 is 10.5 Å². The van der Waals surface area contributed by atoms with E-state index in [-0.39, 0.29) is 11.9 Å². The van der Waals surface area contributed by atoms with Gasteiger partial charge in [-0.15, -0.1) is 0 Å². The van der Waals surface area contributed by atoms with Gasteiger partial charge in [0.25, 0.3) is 0 Å². The molecule has 1 saturated carbocycles. The van der Waals surface area contributed by atoms with E-state index in [9.17, 15) is 0 Å². The summed E-state index contributed by atoms with van der Waals surface area (Å²) in [5, 5.41) is 7.55. The van der Waals surface area contributed by atoms with E-state index in [1.165, 1.54) is 19.3 Å². The Kier molecular flexibility index (Phi) is 4.24. The Morgan fingerprint density at radius 1 is 1.28 bits per heavy atom. The van der Waals surface area contributed by atoms with E-state index >= 15 is 0 Å². The van der Waals surface area contributed by atoms with E-state index in [1.807, 2.05) is 24.3 Å². The van der Waals surface area contributed by atoms with Gasteiger partial charge in [0, 0.05) is 0 Å². The normalized spacial score (nSPS) is 23.6. The number of hydrogen-bond acceptors (Lipinski definition) is 2. The van der Waals surface area contributed by atoms with Gasteiger partial charge >= 0.3 is 0 Å². The molecular weight excluding hydrogens is 224 g/mol. The van der Waals surface area contributed by atoms with Gasteiger partial charge < -0.3 is 10.5 Å². The molecule has 0 heterocycles. The topological polar surface area (TPSA) is 59.1 Å². The SMILES string of the molecule is CCC1CCC(Oc2ccccc2C(=N)N)CC1. The Morgan fingerprint density at radius 2 is 1.94 bits per heavy atom. The summed E-state index contributed by atoms with van der Waals surface area (Å²) in [4.78, 5) is 0. The van der Waals surface area contributed by atoms with Crippen molar-refractivity contribution in [3.8, 4) is 5.75 Å². The number of benzene rings is 1. The highest BCUT2D eigenvalue weighted by molar-refractivity contribution is 5.97. The largest absolute Gasteiger partial charge is 0.490 e. The first-order valence-corrected chi connectivity index (χ1v) is 6.80. The summed E-state index contributed by atoms with van der Waals surface area (Å²) in [7, 11) is 0. The van der Waals surface area contributed by atoms with Crippen LogP contribution in [0.15, 0.2) is 24.3 Å². The number of nitrogen functional groups attached to an aromatic ring is 1. The lowest BCUT2D eigenvalue weighted by atomic mass is 9.86. The third-order valence-electron chi connectivity index (χ3n) is 3.84. The van der Waals surface area contributed by atoms with Gasteiger partial charge in [-0.1, -0.05) is 25.5 Å². The average Bonchev–Trinajstić information content (AvgIpc) is 2.40. The molecule has 1 fully saturated rings. The highest BCUT2D eigenvalue weighted by atomic mass is 16.5. The van der Waals surface area contributed by atoms with E-state index in [0.29, 0.717) is 5.56 Å². The Balaban J connectivity index is 2.00. The molecule has 0 radical (unpaired) electrons. The van der Waals surface area contributed by atoms with Gasteiger partial charge in [-0.2, -0.15) is 0 Å². The van der Waals surface area contributed by atoms with Crippen LogP contribution in [-0.2, 0) is 0 Å². The van der Waals surface area contributed by atoms with Gasteiger partial charge in [-0.3, -0.25) is 5.41 Å². The molecule has 3 nitrogen and oxygen atoms in total. The molecule has 1 aromatic carbocycles. The lowest BCUT2D eigenvalue weighted by molar-refractivity contribution is 0.129. The van der Waals surface area contributed by atoms with E-state index in [4.69, 9.17) is 15.9 Å². The minimum atomic E-state index is 0.0767. The third-order valence-corrected chi connectivity index (χ3v) is 3.84. The molecule has 1 aromatic rings. The van der Waals surface area contributed by atoms with Crippen molar-refractivity contribution >= 4 is 5.84 Å². The summed E-state index contributed by atoms with van der Waals surface area (Å²) in [6, 6.07) is 7.56. The lowest BCUT2D eigenvalue weighted by Gasteiger charge is -2.28. The number of amidine groups is 1. The molecule has 3 N–H and O–H groups in total. The first-order chi connectivity index (χ1) is 8.70. The van der Waals surface area contributed by atoms with Crippen molar-refractivity contribution in [1.29, 1.82) is 5.41 Å². The average molecular weight is 246 g/mol. The van der Waals surface area contributed by atoms with Gasteiger partial charge in [0.15, 0.2) is 0 Å². The van der Waals surface area contributed by atoms with Crippen molar-refractivity contribution in [2.24, 2.45) is 11.7 Å². The first-order valence-electron chi connectivity index (χ1n) is 6.80. The molecule has 1 aliphatic rings. The summed E-state index contributed by atoms with van der Waals surface area (Å²) in [6.45, 7) is 2.26. The van der Waals surface area contributed by atoms with Crippen LogP contribution >= 0.6 is 0 Å². The number of nitrogens with two attached hydrogens (primary N) is 1. The van der Waals surface area contributed by atoms with Crippen LogP contribution in [0.4, 0.5) is 0 Å². The fourth-order valence-electron chi connectivity index (χ4n) is 2.63. The van der Waals surface area contributed by atoms with Gasteiger partial charge in [0.05, 0.1) is 11.7 Å². The second-order valence-corrected chi connectivity index (χ2v) is 5.08. The third kappa shape index (κ3) is 3.03. The molecule has 0 aromatic heterocycles. The van der Waals surface area contributed by atoms with Crippen molar-refractivity contribution < 1.29 is 4.74 Å². The van der Waals surface area contributed by atoms with Crippen LogP contribution in [0, 0.1) is 11.3 Å². The lowest BCUT2D eigenvalue weighted by Crippen LogP contribution is -2.25. The molecule has 0 spiro atoms. The predicted molar refractivity (Wildman–Crippen MR) is 74.1 cm³/mol. The molecule has 18 heavy (non-hydrogen) atoms. The van der Waals surface area contributed by atoms with Crippen LogP contribution in [-0.4, -0.2) is 11.9 Å². The summed E-state index contributed by atoms with van der Waals surface area (Å²) in [5.74, 6) is 1.70. The molecule has 0 atom stereocenters. The Hall–Kier alpha value is -1.51. The summed E-state index contributed by atoms with van der Waals surface area (Å²) >= 11 is 0. The fraction of sp³-hybridized carbons (Fsp3) is 0.533. The van der Waals surface area contributed by atoms with E-state index in [1.54, 1.807) is 0 Å². The zero-order chi connectivity index (χ0) is 13.0. The van der Waals surface area contributed by atoms with Gasteiger partial charge in [-0.05, 0) is 43.7 Å². The van der Waals surface area contributed by atoms with E-state index in [2.05, 4.69) is 6.92 Å². The molecular formula is C15H22N2O. The maximum Gasteiger partial charge on any atom is 0.130 e. The van der Waals surface area contributed by atoms with Crippen LogP contribution in [0.3, 0.4) is 0 Å². The maximum absolute atomic E-state index is 7.55. The molecule has 3 heteroatoms. The molecule has 0 amide bonds. The quantitative estimate of drug-likeness (QED) is 0.632. The number of hydrogen-bond donors (Lipinski definition) is 2. The van der Waals surface area contributed by atoms with Gasteiger partial charge in [0.2, 0.25) is 0 Å². The minimum absolute atomic E-state index is 0.0767. The molecule has 1 aliphatic carbocycles. The van der Waals surface area contributed by atoms with Crippen molar-refractivity contribution in [2.75, 3.05) is 0 Å². The van der Waals surface area contributed by atoms with Crippen molar-refractivity contribution in [2.45, 2.75) is 45.1 Å². The molecule has 98 valence electrons. The Labute approximate surface area is 109 Å². The molecule has 0 bridgehead atoms. The standard InChI is InChI=1S/C15H22N2O/c1-2-11-7-9-12(10-8-11)18-14-6-4-3-5-13(14)15(16)17/h3-6,11-12H,2,7-10H2,1H3,(H3,16,17). The summed E-state index contributed by atoms with van der Waals surface area (Å²) < 4.78 is 6.02. The monoisotopic (exact) mass is 246 g/mol. The second-order valence-electron chi connectivity index (χ2n) is 5.08. The Bertz CT molecular complexity index is 409. The van der Waals surface area contributed by atoms with Crippen molar-refractivity contribution in [1.82, 2.24) is 0 Å². The maximum atomic E-state index is 7.55. The van der Waals surface area contributed by atoms with E-state index in [0.717, 1.165) is 24.5 Å². The molecule has 0 saturated heterocycles. The first kappa shape index (κ1) is 12.9. The summed E-state index contributed by atoms with van der Waals surface area (Å²) in [5.41, 5.74) is 6.27. The molecule has 2 rings (SSSR count). The molecule has 0 aliphatic heterocycles. The summed E-state index contributed by atoms with van der Waals surface area (Å²) in [6.07, 6.45) is 6.30. The highest BCUT2D eigenvalue weighted by Crippen LogP contribution is 2.30. The van der Waals surface area contributed by atoms with Gasteiger partial charge in [0.1, 0.15) is 11.6 Å². The Morgan fingerprint density at radius 3 is 2.56 bits per heavy atom. The minimum Gasteiger partial charge on any atom is -0.490 e. The number of rotatable bonds is 4. The van der Waals surface area contributed by atoms with Crippen LogP contribution in [0.2, 0.25) is 0 Å². The number of para-hydroxylation sites is 1. The second kappa shape index (κ2) is 5.89. The number of ether oxygens (including phenoxy) is 1. The van der Waals surface area contributed by atoms with Crippen LogP contribution in [0.1, 0.15) is 44.6 Å². The van der Waals surface area contributed by atoms with Gasteiger partial charge in [-0.25, -0.2) is 0 Å². The smallest absolute Gasteiger partial charge is 0.130 e. The zero-order valence-electron chi connectivity index (χ0n) is 11.0. The fourth-order valence-corrected chi connectivity index (χ4v) is 2.63. The van der Waals surface area contributed by atoms with Crippen LogP contribution in [0.25, 0.3) is 0 Å². The van der Waals surface area contributed by atoms with Crippen molar-refractivity contribution in [3.63, 3.8) is 0 Å². The highest BCUT2D eigenvalue weighted by Gasteiger charge is 2.22. The van der Waals surface area contributed by atoms with E-state index < -0.39 is 0 Å².